The first-order chi connectivity index (χ1) is 19.6. The van der Waals surface area contributed by atoms with Crippen LogP contribution in [0.4, 0.5) is 5.69 Å². The number of rotatable bonds is 6. The van der Waals surface area contributed by atoms with Gasteiger partial charge in [0.05, 0.1) is 29.2 Å². The summed E-state index contributed by atoms with van der Waals surface area (Å²) < 4.78 is -1.62. The van der Waals surface area contributed by atoms with Crippen LogP contribution in [0.25, 0.3) is 0 Å². The van der Waals surface area contributed by atoms with Gasteiger partial charge in [0.1, 0.15) is 6.04 Å². The Morgan fingerprint density at radius 3 is 2.17 bits per heavy atom. The van der Waals surface area contributed by atoms with E-state index in [4.69, 9.17) is 0 Å². The summed E-state index contributed by atoms with van der Waals surface area (Å²) in [6.07, 6.45) is 9.00. The maximum Gasteiger partial charge on any atom is 0.247 e. The van der Waals surface area contributed by atoms with Crippen molar-refractivity contribution >= 4 is 35.2 Å². The second-order valence-corrected chi connectivity index (χ2v) is 16.6. The van der Waals surface area contributed by atoms with Crippen LogP contribution in [-0.4, -0.2) is 79.4 Å². The van der Waals surface area contributed by atoms with Gasteiger partial charge < -0.3 is 19.8 Å². The average molecular weight is 594 g/mol. The van der Waals surface area contributed by atoms with Crippen molar-refractivity contribution in [1.29, 1.82) is 0 Å². The van der Waals surface area contributed by atoms with E-state index in [-0.39, 0.29) is 35.7 Å². The quantitative estimate of drug-likeness (QED) is 0.475. The first-order valence-electron chi connectivity index (χ1n) is 15.2. The Bertz CT molecular complexity index is 1300. The Morgan fingerprint density at radius 2 is 1.57 bits per heavy atom. The van der Waals surface area contributed by atoms with E-state index in [9.17, 15) is 19.5 Å². The number of anilines is 1. The molecule has 2 saturated heterocycles. The molecule has 1 N–H and O–H groups in total. The number of carbonyl (C=O) groups excluding carboxylic acids is 3. The lowest BCUT2D eigenvalue weighted by Crippen LogP contribution is -2.61. The molecule has 3 amide bonds. The molecule has 0 bridgehead atoms. The number of benzene rings is 1. The molecule has 4 aliphatic rings. The van der Waals surface area contributed by atoms with Gasteiger partial charge >= 0.3 is 0 Å². The molecule has 0 radical (unpaired) electrons. The van der Waals surface area contributed by atoms with E-state index in [0.29, 0.717) is 13.1 Å². The highest BCUT2D eigenvalue weighted by atomic mass is 32.2. The second-order valence-electron chi connectivity index (χ2n) is 14.8. The van der Waals surface area contributed by atoms with Crippen LogP contribution in [0.15, 0.2) is 54.6 Å². The van der Waals surface area contributed by atoms with Crippen molar-refractivity contribution in [2.24, 2.45) is 23.2 Å². The van der Waals surface area contributed by atoms with Crippen molar-refractivity contribution in [2.45, 2.75) is 88.9 Å². The minimum Gasteiger partial charge on any atom is -0.394 e. The number of thioether (sulfide) groups is 1. The summed E-state index contributed by atoms with van der Waals surface area (Å²) in [5, 5.41) is 10.6. The number of para-hydroxylation sites is 1. The van der Waals surface area contributed by atoms with Crippen LogP contribution in [0, 0.1) is 23.2 Å². The number of hydrogen-bond acceptors (Lipinski definition) is 5. The molecule has 1 unspecified atom stereocenters. The Morgan fingerprint density at radius 1 is 0.929 bits per heavy atom. The molecule has 0 aliphatic carbocycles. The van der Waals surface area contributed by atoms with Crippen LogP contribution in [0.5, 0.6) is 0 Å². The van der Waals surface area contributed by atoms with Crippen LogP contribution in [-0.2, 0) is 14.4 Å². The number of aliphatic hydroxyl groups excluding tert-OH is 1. The van der Waals surface area contributed by atoms with E-state index in [1.165, 1.54) is 0 Å². The minimum atomic E-state index is -0.942. The molecule has 6 atom stereocenters. The zero-order chi connectivity index (χ0) is 30.8. The molecule has 0 aromatic heterocycles. The summed E-state index contributed by atoms with van der Waals surface area (Å²) in [5.41, 5.74) is 0.304. The molecular weight excluding hydrogens is 546 g/mol. The predicted octanol–water partition coefficient (Wildman–Crippen LogP) is 4.91. The summed E-state index contributed by atoms with van der Waals surface area (Å²) >= 11 is 1.59. The Balaban J connectivity index is 1.67. The maximum absolute atomic E-state index is 14.9. The van der Waals surface area contributed by atoms with Crippen molar-refractivity contribution in [3.8, 4) is 0 Å². The SMILES string of the molecule is CC(C)[C@H](CO)N1C(=O)[C@@H]2[C@@H]3C(=O)N(c4ccccc4)CC=C[C@]3(C)S[C@@]23C=CCN(C(C)(C)CC(C)(C)C)C(=O)C13. The van der Waals surface area contributed by atoms with Crippen LogP contribution < -0.4 is 4.90 Å². The fourth-order valence-electron chi connectivity index (χ4n) is 8.22. The first-order valence-corrected chi connectivity index (χ1v) is 16.1. The van der Waals surface area contributed by atoms with Gasteiger partial charge in [0.2, 0.25) is 17.7 Å². The zero-order valence-corrected chi connectivity index (χ0v) is 27.1. The molecule has 228 valence electrons. The Kier molecular flexibility index (Phi) is 7.75. The molecule has 0 saturated carbocycles. The summed E-state index contributed by atoms with van der Waals surface area (Å²) in [6, 6.07) is 8.22. The number of hydrogen-bond donors (Lipinski definition) is 1. The minimum absolute atomic E-state index is 0.0162. The number of likely N-dealkylation sites (tertiary alicyclic amines) is 1. The number of aliphatic hydroxyl groups is 1. The van der Waals surface area contributed by atoms with Gasteiger partial charge in [-0.05, 0) is 50.7 Å². The lowest BCUT2D eigenvalue weighted by atomic mass is 9.74. The smallest absolute Gasteiger partial charge is 0.247 e. The molecule has 2 fully saturated rings. The third-order valence-electron chi connectivity index (χ3n) is 9.57. The average Bonchev–Trinajstić information content (AvgIpc) is 3.14. The molecular formula is C34H47N3O4S. The van der Waals surface area contributed by atoms with E-state index in [1.807, 2.05) is 68.2 Å². The first kappa shape index (κ1) is 30.9. The van der Waals surface area contributed by atoms with Gasteiger partial charge in [-0.1, -0.05) is 77.1 Å². The Labute approximate surface area is 255 Å². The van der Waals surface area contributed by atoms with Gasteiger partial charge in [0.15, 0.2) is 0 Å². The topological polar surface area (TPSA) is 81.2 Å². The highest BCUT2D eigenvalue weighted by molar-refractivity contribution is 8.02. The van der Waals surface area contributed by atoms with Crippen LogP contribution in [0.1, 0.15) is 61.8 Å². The molecule has 42 heavy (non-hydrogen) atoms. The highest BCUT2D eigenvalue weighted by Crippen LogP contribution is 2.66. The largest absolute Gasteiger partial charge is 0.394 e. The number of carbonyl (C=O) groups is 3. The molecule has 4 heterocycles. The van der Waals surface area contributed by atoms with E-state index >= 15 is 0 Å². The fourth-order valence-corrected chi connectivity index (χ4v) is 10.4. The van der Waals surface area contributed by atoms with Crippen molar-refractivity contribution in [3.63, 3.8) is 0 Å². The van der Waals surface area contributed by atoms with Crippen molar-refractivity contribution in [1.82, 2.24) is 9.80 Å². The van der Waals surface area contributed by atoms with E-state index in [0.717, 1.165) is 12.1 Å². The standard InChI is InChI=1S/C34H47N3O4S/c1-22(2)24(20-38)37-27-30(41)36(32(6,7)21-31(3,4)5)19-13-17-34(27)26(29(37)40)25-28(39)35(23-14-10-9-11-15-23)18-12-16-33(25,8)42-34/h9-17,22,24-27,38H,18-21H2,1-8H3/t24-,25+,26-,27?,33-,34-/m0/s1. The molecule has 1 aromatic carbocycles. The van der Waals surface area contributed by atoms with E-state index in [1.54, 1.807) is 21.6 Å². The molecule has 1 aromatic rings. The predicted molar refractivity (Wildman–Crippen MR) is 169 cm³/mol. The molecule has 1 spiro atoms. The third kappa shape index (κ3) is 4.83. The summed E-state index contributed by atoms with van der Waals surface area (Å²) in [6.45, 7) is 17.3. The number of fused-ring (bicyclic) bond motifs is 2. The van der Waals surface area contributed by atoms with Gasteiger partial charge in [0.25, 0.3) is 0 Å². The summed E-state index contributed by atoms with van der Waals surface area (Å²) in [4.78, 5) is 49.6. The third-order valence-corrected chi connectivity index (χ3v) is 11.4. The van der Waals surface area contributed by atoms with Gasteiger partial charge in [-0.15, -0.1) is 11.8 Å². The molecule has 5 rings (SSSR count). The Hall–Kier alpha value is -2.58. The summed E-state index contributed by atoms with van der Waals surface area (Å²) in [7, 11) is 0. The lowest BCUT2D eigenvalue weighted by molar-refractivity contribution is -0.150. The van der Waals surface area contributed by atoms with Crippen LogP contribution in [0.3, 0.4) is 0 Å². The van der Waals surface area contributed by atoms with Crippen LogP contribution >= 0.6 is 11.8 Å². The van der Waals surface area contributed by atoms with E-state index < -0.39 is 39.0 Å². The molecule has 7 nitrogen and oxygen atoms in total. The number of amides is 3. The second kappa shape index (κ2) is 10.5. The van der Waals surface area contributed by atoms with Gasteiger partial charge in [-0.25, -0.2) is 0 Å². The molecule has 4 aliphatic heterocycles. The van der Waals surface area contributed by atoms with Crippen LogP contribution in [0.2, 0.25) is 0 Å². The monoisotopic (exact) mass is 593 g/mol. The normalized spacial score (nSPS) is 32.2. The van der Waals surface area contributed by atoms with Gasteiger partial charge in [-0.3, -0.25) is 14.4 Å². The van der Waals surface area contributed by atoms with Crippen molar-refractivity contribution in [2.75, 3.05) is 24.6 Å². The summed E-state index contributed by atoms with van der Waals surface area (Å²) in [5.74, 6) is -1.89. The molecule has 8 heteroatoms. The fraction of sp³-hybridized carbons (Fsp3) is 0.618. The van der Waals surface area contributed by atoms with E-state index in [2.05, 4.69) is 46.8 Å². The van der Waals surface area contributed by atoms with Crippen molar-refractivity contribution in [3.05, 3.63) is 54.6 Å². The maximum atomic E-state index is 14.9. The zero-order valence-electron chi connectivity index (χ0n) is 26.3. The lowest BCUT2D eigenvalue weighted by Gasteiger charge is -2.46. The van der Waals surface area contributed by atoms with Gasteiger partial charge in [-0.2, -0.15) is 0 Å². The van der Waals surface area contributed by atoms with Crippen molar-refractivity contribution < 1.29 is 19.5 Å². The van der Waals surface area contributed by atoms with Gasteiger partial charge in [0, 0.05) is 29.1 Å². The highest BCUT2D eigenvalue weighted by Gasteiger charge is 2.75. The number of nitrogens with zero attached hydrogens (tertiary/aromatic N) is 3.